The van der Waals surface area contributed by atoms with Crippen LogP contribution in [0.15, 0.2) is 0 Å². The largest absolute Gasteiger partial charge is 0.465 e. The van der Waals surface area contributed by atoms with E-state index in [1.54, 1.807) is 6.92 Å². The molecule has 0 N–H and O–H groups in total. The van der Waals surface area contributed by atoms with Crippen LogP contribution in [0.2, 0.25) is 0 Å². The van der Waals surface area contributed by atoms with E-state index >= 15 is 0 Å². The Balaban J connectivity index is 1.54. The van der Waals surface area contributed by atoms with E-state index in [1.165, 1.54) is 32.1 Å². The Morgan fingerprint density at radius 1 is 1.00 bits per heavy atom. The number of rotatable bonds is 5. The van der Waals surface area contributed by atoms with Crippen LogP contribution in [0.3, 0.4) is 0 Å². The van der Waals surface area contributed by atoms with Gasteiger partial charge < -0.3 is 9.47 Å². The van der Waals surface area contributed by atoms with Gasteiger partial charge >= 0.3 is 11.9 Å². The first-order chi connectivity index (χ1) is 10.0. The highest BCUT2D eigenvalue weighted by Crippen LogP contribution is 2.59. The minimum Gasteiger partial charge on any atom is -0.465 e. The standard InChI is InChI=1S/C17H26O4/c1-3-15(18)20-5-4-16(19)21-17(2)13-7-11-6-12(9-13)10-14(17)8-11/h11-14H,3-10H2,1-2H3. The van der Waals surface area contributed by atoms with Crippen LogP contribution < -0.4 is 0 Å². The average Bonchev–Trinajstić information content (AvgIpc) is 2.44. The second kappa shape index (κ2) is 5.62. The highest BCUT2D eigenvalue weighted by molar-refractivity contribution is 5.72. The van der Waals surface area contributed by atoms with Crippen molar-refractivity contribution in [2.24, 2.45) is 23.7 Å². The van der Waals surface area contributed by atoms with Gasteiger partial charge in [0.05, 0.1) is 6.42 Å². The molecule has 0 saturated heterocycles. The molecule has 4 fully saturated rings. The van der Waals surface area contributed by atoms with E-state index < -0.39 is 0 Å². The molecule has 4 saturated carbocycles. The third kappa shape index (κ3) is 2.82. The molecule has 0 atom stereocenters. The van der Waals surface area contributed by atoms with Gasteiger partial charge in [0.25, 0.3) is 0 Å². The van der Waals surface area contributed by atoms with Crippen molar-refractivity contribution in [3.05, 3.63) is 0 Å². The fourth-order valence-electron chi connectivity index (χ4n) is 4.93. The van der Waals surface area contributed by atoms with Crippen molar-refractivity contribution in [2.45, 2.75) is 64.4 Å². The molecule has 4 nitrogen and oxygen atoms in total. The summed E-state index contributed by atoms with van der Waals surface area (Å²) in [6.07, 6.45) is 6.81. The van der Waals surface area contributed by atoms with Crippen LogP contribution in [0.25, 0.3) is 0 Å². The zero-order valence-corrected chi connectivity index (χ0v) is 13.1. The lowest BCUT2D eigenvalue weighted by Gasteiger charge is -2.59. The predicted octanol–water partition coefficient (Wildman–Crippen LogP) is 3.09. The normalized spacial score (nSPS) is 40.1. The molecule has 4 aliphatic carbocycles. The Bertz CT molecular complexity index is 401. The van der Waals surface area contributed by atoms with Gasteiger partial charge in [0, 0.05) is 6.42 Å². The van der Waals surface area contributed by atoms with Crippen LogP contribution in [0.4, 0.5) is 0 Å². The average molecular weight is 294 g/mol. The molecule has 0 radical (unpaired) electrons. The molecule has 0 aromatic rings. The third-order valence-corrected chi connectivity index (χ3v) is 5.95. The van der Waals surface area contributed by atoms with Crippen LogP contribution in [0.5, 0.6) is 0 Å². The van der Waals surface area contributed by atoms with Gasteiger partial charge in [0.1, 0.15) is 12.2 Å². The molecule has 0 aromatic carbocycles. The van der Waals surface area contributed by atoms with E-state index in [9.17, 15) is 9.59 Å². The Morgan fingerprint density at radius 2 is 1.57 bits per heavy atom. The maximum Gasteiger partial charge on any atom is 0.309 e. The second-order valence-electron chi connectivity index (χ2n) is 7.29. The van der Waals surface area contributed by atoms with Crippen molar-refractivity contribution in [1.29, 1.82) is 0 Å². The van der Waals surface area contributed by atoms with Crippen LogP contribution in [-0.2, 0) is 19.1 Å². The first-order valence-electron chi connectivity index (χ1n) is 8.38. The van der Waals surface area contributed by atoms with E-state index in [0.29, 0.717) is 18.3 Å². The lowest BCUT2D eigenvalue weighted by atomic mass is 9.50. The highest BCUT2D eigenvalue weighted by Gasteiger charge is 2.56. The lowest BCUT2D eigenvalue weighted by molar-refractivity contribution is -0.204. The topological polar surface area (TPSA) is 52.6 Å². The van der Waals surface area contributed by atoms with Gasteiger partial charge in [0.2, 0.25) is 0 Å². The maximum absolute atomic E-state index is 12.1. The zero-order chi connectivity index (χ0) is 15.0. The Kier molecular flexibility index (Phi) is 3.98. The van der Waals surface area contributed by atoms with Crippen molar-refractivity contribution in [3.8, 4) is 0 Å². The van der Waals surface area contributed by atoms with E-state index in [1.807, 2.05) is 0 Å². The molecule has 0 spiro atoms. The molecule has 4 heteroatoms. The summed E-state index contributed by atoms with van der Waals surface area (Å²) >= 11 is 0. The van der Waals surface area contributed by atoms with Crippen LogP contribution in [0.1, 0.15) is 58.8 Å². The third-order valence-electron chi connectivity index (χ3n) is 5.95. The number of carbonyl (C=O) groups is 2. The summed E-state index contributed by atoms with van der Waals surface area (Å²) in [6, 6.07) is 0. The van der Waals surface area contributed by atoms with Gasteiger partial charge in [-0.1, -0.05) is 6.92 Å². The number of esters is 2. The first-order valence-corrected chi connectivity index (χ1v) is 8.38. The van der Waals surface area contributed by atoms with E-state index in [4.69, 9.17) is 9.47 Å². The molecular weight excluding hydrogens is 268 g/mol. The summed E-state index contributed by atoms with van der Waals surface area (Å²) < 4.78 is 10.9. The van der Waals surface area contributed by atoms with Crippen LogP contribution >= 0.6 is 0 Å². The maximum atomic E-state index is 12.1. The number of hydrogen-bond donors (Lipinski definition) is 0. The van der Waals surface area contributed by atoms with Gasteiger partial charge in [-0.05, 0) is 62.7 Å². The SMILES string of the molecule is CCC(=O)OCCC(=O)OC1(C)C2CC3CC(C2)CC1C3. The lowest BCUT2D eigenvalue weighted by Crippen LogP contribution is -2.58. The van der Waals surface area contributed by atoms with Crippen LogP contribution in [0, 0.1) is 23.7 Å². The minimum atomic E-state index is -0.279. The quantitative estimate of drug-likeness (QED) is 0.731. The molecule has 118 valence electrons. The Morgan fingerprint density at radius 3 is 2.10 bits per heavy atom. The number of carbonyl (C=O) groups excluding carboxylic acids is 2. The molecule has 4 rings (SSSR count). The number of hydrogen-bond acceptors (Lipinski definition) is 4. The molecule has 0 heterocycles. The Hall–Kier alpha value is -1.06. The predicted molar refractivity (Wildman–Crippen MR) is 77.4 cm³/mol. The monoisotopic (exact) mass is 294 g/mol. The fourth-order valence-corrected chi connectivity index (χ4v) is 4.93. The second-order valence-corrected chi connectivity index (χ2v) is 7.29. The summed E-state index contributed by atoms with van der Waals surface area (Å²) in [5.74, 6) is 2.33. The minimum absolute atomic E-state index is 0.141. The van der Waals surface area contributed by atoms with Crippen molar-refractivity contribution in [2.75, 3.05) is 6.61 Å². The molecule has 0 aliphatic heterocycles. The van der Waals surface area contributed by atoms with Gasteiger partial charge in [-0.15, -0.1) is 0 Å². The smallest absolute Gasteiger partial charge is 0.309 e. The molecule has 4 aliphatic rings. The molecule has 0 unspecified atom stereocenters. The molecule has 0 aromatic heterocycles. The summed E-state index contributed by atoms with van der Waals surface area (Å²) in [5.41, 5.74) is -0.279. The van der Waals surface area contributed by atoms with Gasteiger partial charge in [-0.3, -0.25) is 9.59 Å². The van der Waals surface area contributed by atoms with E-state index in [-0.39, 0.29) is 30.6 Å². The zero-order valence-electron chi connectivity index (χ0n) is 13.1. The Labute approximate surface area is 126 Å². The summed E-state index contributed by atoms with van der Waals surface area (Å²) in [4.78, 5) is 23.2. The van der Waals surface area contributed by atoms with Crippen molar-refractivity contribution in [3.63, 3.8) is 0 Å². The summed E-state index contributed by atoms with van der Waals surface area (Å²) in [5, 5.41) is 0. The number of ether oxygens (including phenoxy) is 2. The first kappa shape index (κ1) is 14.9. The van der Waals surface area contributed by atoms with E-state index in [0.717, 1.165) is 11.8 Å². The molecule has 21 heavy (non-hydrogen) atoms. The van der Waals surface area contributed by atoms with Crippen molar-refractivity contribution < 1.29 is 19.1 Å². The molecule has 0 amide bonds. The van der Waals surface area contributed by atoms with Crippen LogP contribution in [-0.4, -0.2) is 24.1 Å². The molecule has 4 bridgehead atoms. The highest BCUT2D eigenvalue weighted by atomic mass is 16.6. The summed E-state index contributed by atoms with van der Waals surface area (Å²) in [6.45, 7) is 4.02. The van der Waals surface area contributed by atoms with Gasteiger partial charge in [-0.25, -0.2) is 0 Å². The van der Waals surface area contributed by atoms with Gasteiger partial charge in [-0.2, -0.15) is 0 Å². The van der Waals surface area contributed by atoms with Gasteiger partial charge in [0.15, 0.2) is 0 Å². The van der Waals surface area contributed by atoms with Crippen molar-refractivity contribution >= 4 is 11.9 Å². The summed E-state index contributed by atoms with van der Waals surface area (Å²) in [7, 11) is 0. The van der Waals surface area contributed by atoms with Crippen molar-refractivity contribution in [1.82, 2.24) is 0 Å². The van der Waals surface area contributed by atoms with E-state index in [2.05, 4.69) is 6.92 Å². The molecular formula is C17H26O4. The fraction of sp³-hybridized carbons (Fsp3) is 0.882.